The number of fused-ring (bicyclic) bond motifs is 3. The van der Waals surface area contributed by atoms with E-state index in [2.05, 4.69) is 11.7 Å². The number of carboxylic acid groups (broad SMARTS) is 2. The van der Waals surface area contributed by atoms with Crippen LogP contribution in [0.5, 0.6) is 0 Å². The van der Waals surface area contributed by atoms with E-state index in [-0.39, 0.29) is 29.0 Å². The molecule has 1 heterocycles. The van der Waals surface area contributed by atoms with Crippen LogP contribution >= 0.6 is 0 Å². The average Bonchev–Trinajstić information content (AvgIpc) is 3.52. The number of amides is 1. The number of methoxy groups -OCH3 is 1. The van der Waals surface area contributed by atoms with Crippen LogP contribution in [-0.4, -0.2) is 57.0 Å². The molecule has 6 rings (SSSR count). The van der Waals surface area contributed by atoms with Gasteiger partial charge in [0, 0.05) is 28.8 Å². The van der Waals surface area contributed by atoms with Gasteiger partial charge in [-0.05, 0) is 81.8 Å². The number of halogens is 2. The maximum Gasteiger partial charge on any atom is 0.344 e. The summed E-state index contributed by atoms with van der Waals surface area (Å²) in [5, 5.41) is 40.7. The van der Waals surface area contributed by atoms with Crippen LogP contribution in [0.15, 0.2) is 77.2 Å². The lowest BCUT2D eigenvalue weighted by Crippen LogP contribution is -2.42. The van der Waals surface area contributed by atoms with Crippen LogP contribution in [0.2, 0.25) is 0 Å². The van der Waals surface area contributed by atoms with Crippen molar-refractivity contribution in [1.29, 1.82) is 0 Å². The Balaban J connectivity index is 0.000000215. The summed E-state index contributed by atoms with van der Waals surface area (Å²) < 4.78 is 35.4. The third kappa shape index (κ3) is 9.65. The largest absolute Gasteiger partial charge is 0.478 e. The van der Waals surface area contributed by atoms with Gasteiger partial charge in [-0.1, -0.05) is 25.1 Å². The number of ether oxygens (including phenoxy) is 1. The van der Waals surface area contributed by atoms with Crippen molar-refractivity contribution in [2.45, 2.75) is 52.5 Å². The summed E-state index contributed by atoms with van der Waals surface area (Å²) in [6.45, 7) is 6.08. The molecule has 1 fully saturated rings. The number of benzene rings is 4. The third-order valence-corrected chi connectivity index (χ3v) is 9.05. The molecule has 1 aliphatic carbocycles. The molecule has 0 unspecified atom stereocenters. The highest BCUT2D eigenvalue weighted by molar-refractivity contribution is 6.12. The lowest BCUT2D eigenvalue weighted by Gasteiger charge is -2.34. The van der Waals surface area contributed by atoms with Gasteiger partial charge >= 0.3 is 17.9 Å². The molecule has 4 aromatic carbocycles. The molecule has 5 aromatic rings. The maximum absolute atomic E-state index is 13.4. The Morgan fingerprint density at radius 1 is 0.768 bits per heavy atom. The van der Waals surface area contributed by atoms with Gasteiger partial charge in [0.1, 0.15) is 33.9 Å². The number of anilines is 1. The van der Waals surface area contributed by atoms with Crippen LogP contribution in [-0.2, 0) is 9.53 Å². The lowest BCUT2D eigenvalue weighted by molar-refractivity contribution is -0.385. The minimum atomic E-state index is -1.45. The molecule has 2 N–H and O–H groups in total. The van der Waals surface area contributed by atoms with Crippen molar-refractivity contribution < 1.29 is 57.2 Å². The van der Waals surface area contributed by atoms with Crippen LogP contribution in [0, 0.1) is 43.7 Å². The summed E-state index contributed by atoms with van der Waals surface area (Å²) in [7, 11) is 1.09. The molecule has 1 amide bonds. The second-order valence-corrected chi connectivity index (χ2v) is 13.2. The fourth-order valence-corrected chi connectivity index (χ4v) is 6.26. The quantitative estimate of drug-likeness (QED) is 0.0857. The Morgan fingerprint density at radius 2 is 1.30 bits per heavy atom. The minimum absolute atomic E-state index is 0.0184. The van der Waals surface area contributed by atoms with E-state index in [1.54, 1.807) is 17.0 Å². The van der Waals surface area contributed by atoms with Crippen molar-refractivity contribution >= 4 is 62.8 Å². The van der Waals surface area contributed by atoms with Crippen LogP contribution in [0.25, 0.3) is 21.9 Å². The zero-order chi connectivity index (χ0) is 41.4. The van der Waals surface area contributed by atoms with Gasteiger partial charge in [-0.2, -0.15) is 0 Å². The van der Waals surface area contributed by atoms with Crippen molar-refractivity contribution in [2.24, 2.45) is 11.8 Å². The van der Waals surface area contributed by atoms with Gasteiger partial charge in [-0.15, -0.1) is 0 Å². The average molecular weight is 778 g/mol. The van der Waals surface area contributed by atoms with E-state index in [4.69, 9.17) is 9.52 Å². The predicted octanol–water partition coefficient (Wildman–Crippen LogP) is 8.80. The highest BCUT2D eigenvalue weighted by Gasteiger charge is 2.33. The van der Waals surface area contributed by atoms with Crippen molar-refractivity contribution in [2.75, 3.05) is 12.0 Å². The van der Waals surface area contributed by atoms with E-state index in [9.17, 15) is 53.3 Å². The number of nitrogens with zero attached hydrogens (tertiary/aromatic N) is 3. The summed E-state index contributed by atoms with van der Waals surface area (Å²) in [4.78, 5) is 67.5. The van der Waals surface area contributed by atoms with Gasteiger partial charge in [0.25, 0.3) is 11.4 Å². The van der Waals surface area contributed by atoms with Gasteiger partial charge in [-0.25, -0.2) is 23.2 Å². The van der Waals surface area contributed by atoms with Gasteiger partial charge in [0.15, 0.2) is 0 Å². The molecule has 0 saturated heterocycles. The number of hydrogen-bond acceptors (Lipinski definition) is 10. The number of para-hydroxylation sites is 1. The fraction of sp³-hybridized carbons (Fsp3) is 0.282. The van der Waals surface area contributed by atoms with Gasteiger partial charge in [0.05, 0.1) is 40.3 Å². The number of aromatic carboxylic acids is 2. The zero-order valence-electron chi connectivity index (χ0n) is 30.6. The Kier molecular flexibility index (Phi) is 13.5. The fourth-order valence-electron chi connectivity index (χ4n) is 6.26. The molecule has 1 aliphatic rings. The SMILES string of the molecule is CC1CCC(C(=O)N(c2cc3oc4ccccc4c3cc2C(=O)O)C(C)C)CC1.COC(=O)c1ccc(F)cc1[N+](=O)[O-].O=C(O)c1ccc(F)cc1[N+](=O)[O-]. The summed E-state index contributed by atoms with van der Waals surface area (Å²) in [5.74, 6) is -4.35. The normalized spacial score (nSPS) is 14.8. The molecule has 1 saturated carbocycles. The monoisotopic (exact) mass is 777 g/mol. The van der Waals surface area contributed by atoms with Crippen molar-refractivity contribution in [3.05, 3.63) is 121 Å². The molecule has 56 heavy (non-hydrogen) atoms. The van der Waals surface area contributed by atoms with Gasteiger partial charge in [-0.3, -0.25) is 25.0 Å². The van der Waals surface area contributed by atoms with E-state index in [1.165, 1.54) is 0 Å². The highest BCUT2D eigenvalue weighted by Crippen LogP contribution is 2.37. The molecule has 0 spiro atoms. The second kappa shape index (κ2) is 18.0. The topological polar surface area (TPSA) is 221 Å². The first-order valence-corrected chi connectivity index (χ1v) is 17.2. The number of carboxylic acids is 2. The summed E-state index contributed by atoms with van der Waals surface area (Å²) >= 11 is 0. The Morgan fingerprint density at radius 3 is 1.82 bits per heavy atom. The van der Waals surface area contributed by atoms with Crippen LogP contribution in [0.3, 0.4) is 0 Å². The van der Waals surface area contributed by atoms with Crippen LogP contribution in [0.4, 0.5) is 25.8 Å². The molecule has 17 heteroatoms. The maximum atomic E-state index is 13.4. The summed E-state index contributed by atoms with van der Waals surface area (Å²) in [6, 6.07) is 15.7. The standard InChI is InChI=1S/C24H27NO4.C8H6FNO4.C7H4FNO4/c1-14(2)25(23(26)16-10-8-15(3)9-11-16)20-13-22-18(12-19(20)24(27)28)17-6-4-5-7-21(17)29-22;1-14-8(11)6-3-2-5(9)4-7(6)10(12)13;8-4-1-2-5(7(10)11)6(3-4)9(12)13/h4-7,12-16H,8-11H2,1-3H3,(H,27,28);2-4H,1H3;1-3H,(H,10,11). The van der Waals surface area contributed by atoms with Crippen LogP contribution in [0.1, 0.15) is 77.5 Å². The molecule has 0 radical (unpaired) electrons. The number of esters is 1. The molecule has 0 bridgehead atoms. The van der Waals surface area contributed by atoms with Crippen molar-refractivity contribution in [3.63, 3.8) is 0 Å². The smallest absolute Gasteiger partial charge is 0.344 e. The number of rotatable bonds is 8. The van der Waals surface area contributed by atoms with Gasteiger partial charge in [0.2, 0.25) is 5.91 Å². The van der Waals surface area contributed by atoms with E-state index < -0.39 is 56.3 Å². The van der Waals surface area contributed by atoms with E-state index >= 15 is 0 Å². The predicted molar refractivity (Wildman–Crippen MR) is 199 cm³/mol. The lowest BCUT2D eigenvalue weighted by atomic mass is 9.82. The summed E-state index contributed by atoms with van der Waals surface area (Å²) in [6.07, 6.45) is 3.80. The minimum Gasteiger partial charge on any atom is -0.478 e. The number of furan rings is 1. The van der Waals surface area contributed by atoms with E-state index in [0.717, 1.165) is 67.8 Å². The summed E-state index contributed by atoms with van der Waals surface area (Å²) in [5.41, 5.74) is -0.269. The molecule has 0 atom stereocenters. The number of nitro groups is 2. The highest BCUT2D eigenvalue weighted by atomic mass is 19.1. The Hall–Kier alpha value is -6.78. The number of carbonyl (C=O) groups excluding carboxylic acids is 2. The number of hydrogen-bond donors (Lipinski definition) is 2. The Bertz CT molecular complexity index is 2320. The zero-order valence-corrected chi connectivity index (χ0v) is 30.6. The first-order chi connectivity index (χ1) is 26.4. The van der Waals surface area contributed by atoms with Crippen molar-refractivity contribution in [3.8, 4) is 0 Å². The van der Waals surface area contributed by atoms with E-state index in [0.29, 0.717) is 34.9 Å². The third-order valence-electron chi connectivity index (χ3n) is 9.05. The van der Waals surface area contributed by atoms with Crippen molar-refractivity contribution in [1.82, 2.24) is 0 Å². The molecular formula is C39H37F2N3O12. The molecule has 0 aliphatic heterocycles. The molecule has 294 valence electrons. The number of carbonyl (C=O) groups is 4. The first kappa shape index (κ1) is 42.0. The van der Waals surface area contributed by atoms with Crippen LogP contribution < -0.4 is 4.90 Å². The molecular weight excluding hydrogens is 740 g/mol. The molecule has 15 nitrogen and oxygen atoms in total. The molecule has 1 aromatic heterocycles. The second-order valence-electron chi connectivity index (χ2n) is 13.2. The first-order valence-electron chi connectivity index (χ1n) is 17.2. The van der Waals surface area contributed by atoms with E-state index in [1.807, 2.05) is 38.1 Å². The Labute approximate surface area is 317 Å². The van der Waals surface area contributed by atoms with Gasteiger partial charge < -0.3 is 24.3 Å². The number of nitro benzene ring substituents is 2.